The fourth-order valence-corrected chi connectivity index (χ4v) is 3.34. The second-order valence-electron chi connectivity index (χ2n) is 6.54. The van der Waals surface area contributed by atoms with E-state index in [2.05, 4.69) is 0 Å². The lowest BCUT2D eigenvalue weighted by Crippen LogP contribution is -2.57. The van der Waals surface area contributed by atoms with Crippen LogP contribution in [0.5, 0.6) is 0 Å². The van der Waals surface area contributed by atoms with Gasteiger partial charge in [-0.1, -0.05) is 0 Å². The number of hydrogen-bond donors (Lipinski definition) is 8. The molecule has 0 bridgehead atoms. The molecule has 23 heavy (non-hydrogen) atoms. The average Bonchev–Trinajstić information content (AvgIpc) is 2.52. The van der Waals surface area contributed by atoms with Gasteiger partial charge in [-0.3, -0.25) is 0 Å². The lowest BCUT2D eigenvalue weighted by molar-refractivity contribution is -0.201. The lowest BCUT2D eigenvalue weighted by atomic mass is 9.79. The smallest absolute Gasteiger partial charge is 0.109 e. The number of aliphatic hydroxyl groups is 8. The molecule has 9 heteroatoms. The number of hydrogen-bond acceptors (Lipinski definition) is 9. The van der Waals surface area contributed by atoms with Crippen LogP contribution in [0.2, 0.25) is 0 Å². The first kappa shape index (κ1) is 19.0. The number of rotatable bonds is 4. The van der Waals surface area contributed by atoms with Gasteiger partial charge in [-0.2, -0.15) is 0 Å². The third kappa shape index (κ3) is 3.84. The van der Waals surface area contributed by atoms with Crippen LogP contribution >= 0.6 is 0 Å². The van der Waals surface area contributed by atoms with Gasteiger partial charge in [0.25, 0.3) is 0 Å². The zero-order chi connectivity index (χ0) is 17.3. The van der Waals surface area contributed by atoms with Crippen molar-refractivity contribution in [2.45, 2.75) is 61.7 Å². The summed E-state index contributed by atoms with van der Waals surface area (Å²) in [7, 11) is 0. The standard InChI is InChI=1S/C14H26O9/c15-3-5-1-9(13(21)14(22)10(5)18)23-4-6-7(16)2-8(17)12(20)11(6)19/h5-22H,1-4H2/t5-,6+,7-,8-,9+,10-,11-,12-,13-,14+/m1/s1. The molecule has 0 aromatic carbocycles. The summed E-state index contributed by atoms with van der Waals surface area (Å²) in [5.74, 6) is -1.52. The van der Waals surface area contributed by atoms with Gasteiger partial charge >= 0.3 is 0 Å². The minimum atomic E-state index is -1.47. The first-order valence-corrected chi connectivity index (χ1v) is 7.76. The maximum Gasteiger partial charge on any atom is 0.109 e. The van der Waals surface area contributed by atoms with E-state index in [0.717, 1.165) is 0 Å². The Kier molecular flexibility index (Phi) is 6.34. The Morgan fingerprint density at radius 1 is 0.696 bits per heavy atom. The van der Waals surface area contributed by atoms with Crippen molar-refractivity contribution < 1.29 is 45.6 Å². The largest absolute Gasteiger partial charge is 0.396 e. The highest BCUT2D eigenvalue weighted by atomic mass is 16.5. The molecule has 2 fully saturated rings. The van der Waals surface area contributed by atoms with Crippen LogP contribution in [0.25, 0.3) is 0 Å². The minimum absolute atomic E-state index is 0.0972. The third-order valence-corrected chi connectivity index (χ3v) is 5.00. The van der Waals surface area contributed by atoms with Crippen molar-refractivity contribution >= 4 is 0 Å². The van der Waals surface area contributed by atoms with Gasteiger partial charge in [-0.25, -0.2) is 0 Å². The monoisotopic (exact) mass is 338 g/mol. The Bertz CT molecular complexity index is 379. The Balaban J connectivity index is 1.96. The fourth-order valence-electron chi connectivity index (χ4n) is 3.34. The Morgan fingerprint density at radius 2 is 1.35 bits per heavy atom. The van der Waals surface area contributed by atoms with Crippen molar-refractivity contribution in [3.05, 3.63) is 0 Å². The molecule has 2 aliphatic rings. The van der Waals surface area contributed by atoms with E-state index in [9.17, 15) is 40.9 Å². The molecule has 2 saturated carbocycles. The molecule has 8 N–H and O–H groups in total. The van der Waals surface area contributed by atoms with Crippen LogP contribution in [-0.2, 0) is 4.74 Å². The summed E-state index contributed by atoms with van der Waals surface area (Å²) in [5.41, 5.74) is 0. The summed E-state index contributed by atoms with van der Waals surface area (Å²) >= 11 is 0. The van der Waals surface area contributed by atoms with Crippen molar-refractivity contribution in [3.8, 4) is 0 Å². The van der Waals surface area contributed by atoms with Crippen LogP contribution in [0.3, 0.4) is 0 Å². The van der Waals surface area contributed by atoms with Crippen LogP contribution in [-0.4, -0.2) is 103 Å². The van der Waals surface area contributed by atoms with Gasteiger partial charge in [-0.05, 0) is 6.42 Å². The molecular formula is C14H26O9. The van der Waals surface area contributed by atoms with Crippen LogP contribution in [0.15, 0.2) is 0 Å². The maximum atomic E-state index is 9.95. The molecule has 0 aromatic rings. The Hall–Kier alpha value is -0.360. The van der Waals surface area contributed by atoms with Gasteiger partial charge in [0.1, 0.15) is 18.3 Å². The molecule has 10 atom stereocenters. The van der Waals surface area contributed by atoms with Crippen molar-refractivity contribution in [3.63, 3.8) is 0 Å². The summed E-state index contributed by atoms with van der Waals surface area (Å²) in [6, 6.07) is 0. The molecular weight excluding hydrogens is 312 g/mol. The first-order valence-electron chi connectivity index (χ1n) is 7.76. The number of ether oxygens (including phenoxy) is 1. The summed E-state index contributed by atoms with van der Waals surface area (Å²) in [6.07, 6.45) is -10.1. The summed E-state index contributed by atoms with van der Waals surface area (Å²) < 4.78 is 5.46. The van der Waals surface area contributed by atoms with Crippen molar-refractivity contribution in [2.75, 3.05) is 13.2 Å². The number of aliphatic hydroxyl groups excluding tert-OH is 8. The van der Waals surface area contributed by atoms with Crippen molar-refractivity contribution in [1.29, 1.82) is 0 Å². The van der Waals surface area contributed by atoms with E-state index in [0.29, 0.717) is 0 Å². The van der Waals surface area contributed by atoms with E-state index in [1.165, 1.54) is 0 Å². The molecule has 0 heterocycles. The topological polar surface area (TPSA) is 171 Å². The molecule has 2 rings (SSSR count). The summed E-state index contributed by atoms with van der Waals surface area (Å²) in [4.78, 5) is 0. The molecule has 2 aliphatic carbocycles. The van der Waals surface area contributed by atoms with Gasteiger partial charge < -0.3 is 45.6 Å². The van der Waals surface area contributed by atoms with Gasteiger partial charge in [0.2, 0.25) is 0 Å². The molecule has 136 valence electrons. The fraction of sp³-hybridized carbons (Fsp3) is 1.00. The second-order valence-corrected chi connectivity index (χ2v) is 6.54. The molecule has 0 unspecified atom stereocenters. The van der Waals surface area contributed by atoms with Crippen LogP contribution in [0, 0.1) is 11.8 Å². The molecule has 9 nitrogen and oxygen atoms in total. The molecule has 0 aliphatic heterocycles. The minimum Gasteiger partial charge on any atom is -0.396 e. The quantitative estimate of drug-likeness (QED) is 0.254. The van der Waals surface area contributed by atoms with Crippen molar-refractivity contribution in [1.82, 2.24) is 0 Å². The van der Waals surface area contributed by atoms with Crippen LogP contribution in [0.1, 0.15) is 12.8 Å². The van der Waals surface area contributed by atoms with Gasteiger partial charge in [0.05, 0.1) is 37.1 Å². The average molecular weight is 338 g/mol. The molecule has 0 spiro atoms. The van der Waals surface area contributed by atoms with Gasteiger partial charge in [0.15, 0.2) is 0 Å². The highest BCUT2D eigenvalue weighted by Crippen LogP contribution is 2.30. The summed E-state index contributed by atoms with van der Waals surface area (Å²) in [6.45, 7) is -0.598. The molecule has 0 amide bonds. The first-order chi connectivity index (χ1) is 10.8. The van der Waals surface area contributed by atoms with Gasteiger partial charge in [-0.15, -0.1) is 0 Å². The lowest BCUT2D eigenvalue weighted by Gasteiger charge is -2.42. The highest BCUT2D eigenvalue weighted by molar-refractivity contribution is 4.95. The second kappa shape index (κ2) is 7.68. The molecule has 0 radical (unpaired) electrons. The summed E-state index contributed by atoms with van der Waals surface area (Å²) in [5, 5.41) is 77.6. The predicted molar refractivity (Wildman–Crippen MR) is 75.1 cm³/mol. The zero-order valence-corrected chi connectivity index (χ0v) is 12.6. The normalized spacial score (nSPS) is 51.7. The maximum absolute atomic E-state index is 9.95. The van der Waals surface area contributed by atoms with E-state index in [1.54, 1.807) is 0 Å². The SMILES string of the molecule is OC[C@H]1C[C@H](OC[C@@H]2[C@@H](O)[C@H](O)[C@H](O)C[C@H]2O)[C@@H](O)[C@@H](O)[C@@H]1O. The van der Waals surface area contributed by atoms with E-state index in [-0.39, 0.29) is 26.1 Å². The van der Waals surface area contributed by atoms with Crippen LogP contribution < -0.4 is 0 Å². The molecule has 0 saturated heterocycles. The van der Waals surface area contributed by atoms with E-state index >= 15 is 0 Å². The molecule has 0 aromatic heterocycles. The highest BCUT2D eigenvalue weighted by Gasteiger charge is 2.45. The van der Waals surface area contributed by atoms with E-state index in [1.807, 2.05) is 0 Å². The van der Waals surface area contributed by atoms with E-state index < -0.39 is 60.7 Å². The predicted octanol–water partition coefficient (Wildman–Crippen LogP) is -4.07. The van der Waals surface area contributed by atoms with E-state index in [4.69, 9.17) is 4.74 Å². The van der Waals surface area contributed by atoms with Gasteiger partial charge in [0, 0.05) is 24.9 Å². The third-order valence-electron chi connectivity index (χ3n) is 5.00. The Morgan fingerprint density at radius 3 is 1.96 bits per heavy atom. The van der Waals surface area contributed by atoms with Crippen molar-refractivity contribution in [2.24, 2.45) is 11.8 Å². The Labute approximate surface area is 133 Å². The van der Waals surface area contributed by atoms with Crippen LogP contribution in [0.4, 0.5) is 0 Å². The zero-order valence-electron chi connectivity index (χ0n) is 12.6.